The number of nitrogens with zero attached hydrogens (tertiary/aromatic N) is 3. The Morgan fingerprint density at radius 3 is 2.48 bits per heavy atom. The lowest BCUT2D eigenvalue weighted by Gasteiger charge is -2.14. The predicted molar refractivity (Wildman–Crippen MR) is 106 cm³/mol. The molecule has 0 aliphatic carbocycles. The highest BCUT2D eigenvalue weighted by Crippen LogP contribution is 2.24. The molecule has 3 rings (SSSR count). The van der Waals surface area contributed by atoms with E-state index in [9.17, 15) is 18.0 Å². The Morgan fingerprint density at radius 2 is 1.86 bits per heavy atom. The summed E-state index contributed by atoms with van der Waals surface area (Å²) in [7, 11) is 0. The van der Waals surface area contributed by atoms with Gasteiger partial charge in [-0.25, -0.2) is 4.98 Å². The Bertz CT molecular complexity index is 1050. The number of ether oxygens (including phenoxy) is 1. The van der Waals surface area contributed by atoms with Gasteiger partial charge in [0.15, 0.2) is 11.8 Å². The van der Waals surface area contributed by atoms with Gasteiger partial charge in [0.05, 0.1) is 11.4 Å². The van der Waals surface area contributed by atoms with Crippen molar-refractivity contribution in [2.24, 2.45) is 0 Å². The van der Waals surface area contributed by atoms with Gasteiger partial charge in [0.1, 0.15) is 5.75 Å². The molecule has 0 saturated carbocycles. The normalized spacial score (nSPS) is 11.5. The summed E-state index contributed by atoms with van der Waals surface area (Å²) < 4.78 is 43.0. The van der Waals surface area contributed by atoms with Crippen LogP contribution in [0.5, 0.6) is 5.75 Å². The molecule has 0 aliphatic rings. The van der Waals surface area contributed by atoms with E-state index < -0.39 is 12.8 Å². The lowest BCUT2D eigenvalue weighted by atomic mass is 10.1. The fraction of sp³-hybridized carbons (Fsp3) is 0.250. The number of halogens is 3. The van der Waals surface area contributed by atoms with Crippen LogP contribution in [0.4, 0.5) is 13.2 Å². The SMILES string of the molecule is CCSc1nc(-c2ccnc(C)c2)cc(=O)n1-c1ccc(OCC(F)(F)F)cc1. The summed E-state index contributed by atoms with van der Waals surface area (Å²) in [6, 6.07) is 10.9. The third-order valence-corrected chi connectivity index (χ3v) is 4.67. The number of alkyl halides is 3. The average Bonchev–Trinajstić information content (AvgIpc) is 2.66. The van der Waals surface area contributed by atoms with Crippen molar-refractivity contribution in [3.8, 4) is 22.7 Å². The summed E-state index contributed by atoms with van der Waals surface area (Å²) in [6.07, 6.45) is -2.75. The van der Waals surface area contributed by atoms with E-state index in [-0.39, 0.29) is 11.3 Å². The van der Waals surface area contributed by atoms with Crippen molar-refractivity contribution >= 4 is 11.8 Å². The molecule has 3 aromatic rings. The van der Waals surface area contributed by atoms with Gasteiger partial charge < -0.3 is 4.74 Å². The van der Waals surface area contributed by atoms with Gasteiger partial charge in [0.25, 0.3) is 5.56 Å². The number of aromatic nitrogens is 3. The van der Waals surface area contributed by atoms with Gasteiger partial charge in [-0.15, -0.1) is 0 Å². The molecule has 0 atom stereocenters. The van der Waals surface area contributed by atoms with E-state index in [1.54, 1.807) is 12.3 Å². The Morgan fingerprint density at radius 1 is 1.14 bits per heavy atom. The first-order valence-electron chi connectivity index (χ1n) is 8.77. The number of aryl methyl sites for hydroxylation is 1. The molecule has 0 N–H and O–H groups in total. The zero-order valence-corrected chi connectivity index (χ0v) is 16.5. The number of pyridine rings is 1. The first-order chi connectivity index (χ1) is 13.8. The summed E-state index contributed by atoms with van der Waals surface area (Å²) in [5, 5.41) is 0.494. The molecule has 0 aliphatic heterocycles. The third-order valence-electron chi connectivity index (χ3n) is 3.85. The molecule has 5 nitrogen and oxygen atoms in total. The van der Waals surface area contributed by atoms with Crippen molar-refractivity contribution in [2.75, 3.05) is 12.4 Å². The minimum atomic E-state index is -4.41. The van der Waals surface area contributed by atoms with Crippen molar-refractivity contribution in [2.45, 2.75) is 25.2 Å². The lowest BCUT2D eigenvalue weighted by molar-refractivity contribution is -0.153. The molecule has 0 bridgehead atoms. The van der Waals surface area contributed by atoms with Crippen LogP contribution in [0.25, 0.3) is 16.9 Å². The van der Waals surface area contributed by atoms with Crippen LogP contribution in [0.3, 0.4) is 0 Å². The molecule has 0 unspecified atom stereocenters. The predicted octanol–water partition coefficient (Wildman–Crippen LogP) is 4.66. The monoisotopic (exact) mass is 421 g/mol. The molecule has 0 saturated heterocycles. The maximum atomic E-state index is 12.9. The zero-order valence-electron chi connectivity index (χ0n) is 15.7. The van der Waals surface area contributed by atoms with E-state index in [0.29, 0.717) is 22.3 Å². The second kappa shape index (κ2) is 8.69. The van der Waals surface area contributed by atoms with Gasteiger partial charge in [0.2, 0.25) is 0 Å². The van der Waals surface area contributed by atoms with E-state index in [2.05, 4.69) is 9.97 Å². The Hall–Kier alpha value is -2.81. The van der Waals surface area contributed by atoms with Gasteiger partial charge in [-0.3, -0.25) is 14.3 Å². The second-order valence-electron chi connectivity index (χ2n) is 6.11. The van der Waals surface area contributed by atoms with E-state index in [1.807, 2.05) is 19.9 Å². The van der Waals surface area contributed by atoms with Gasteiger partial charge in [-0.2, -0.15) is 13.2 Å². The quantitative estimate of drug-likeness (QED) is 0.428. The molecule has 2 aromatic heterocycles. The van der Waals surface area contributed by atoms with Gasteiger partial charge >= 0.3 is 6.18 Å². The Labute approximate surface area is 169 Å². The molecule has 9 heteroatoms. The summed E-state index contributed by atoms with van der Waals surface area (Å²) in [6.45, 7) is 2.43. The molecule has 1 aromatic carbocycles. The number of hydrogen-bond donors (Lipinski definition) is 0. The molecule has 0 amide bonds. The highest BCUT2D eigenvalue weighted by atomic mass is 32.2. The minimum absolute atomic E-state index is 0.0701. The summed E-state index contributed by atoms with van der Waals surface area (Å²) >= 11 is 1.40. The number of thioether (sulfide) groups is 1. The molecule has 0 spiro atoms. The van der Waals surface area contributed by atoms with E-state index >= 15 is 0 Å². The zero-order chi connectivity index (χ0) is 21.0. The van der Waals surface area contributed by atoms with Crippen molar-refractivity contribution < 1.29 is 17.9 Å². The van der Waals surface area contributed by atoms with Gasteiger partial charge in [-0.1, -0.05) is 18.7 Å². The minimum Gasteiger partial charge on any atom is -0.484 e. The summed E-state index contributed by atoms with van der Waals surface area (Å²) in [5.74, 6) is 0.763. The smallest absolute Gasteiger partial charge is 0.422 e. The van der Waals surface area contributed by atoms with Crippen LogP contribution in [0.1, 0.15) is 12.6 Å². The van der Waals surface area contributed by atoms with Gasteiger partial charge in [-0.05, 0) is 49.1 Å². The van der Waals surface area contributed by atoms with Crippen LogP contribution in [-0.4, -0.2) is 33.1 Å². The number of rotatable bonds is 6. The summed E-state index contributed by atoms with van der Waals surface area (Å²) in [5.41, 5.74) is 2.35. The van der Waals surface area contributed by atoms with Crippen LogP contribution >= 0.6 is 11.8 Å². The Balaban J connectivity index is 1.97. The molecular weight excluding hydrogens is 403 g/mol. The molecule has 0 fully saturated rings. The van der Waals surface area contributed by atoms with Gasteiger partial charge in [0, 0.05) is 23.5 Å². The van der Waals surface area contributed by atoms with E-state index in [1.165, 1.54) is 46.7 Å². The topological polar surface area (TPSA) is 57.0 Å². The van der Waals surface area contributed by atoms with E-state index in [0.717, 1.165) is 11.3 Å². The summed E-state index contributed by atoms with van der Waals surface area (Å²) in [4.78, 5) is 21.6. The third kappa shape index (κ3) is 5.38. The standard InChI is InChI=1S/C20H18F3N3O2S/c1-3-29-19-25-17(14-8-9-24-13(2)10-14)11-18(27)26(19)15-4-6-16(7-5-15)28-12-20(21,22)23/h4-11H,3,12H2,1-2H3. The fourth-order valence-corrected chi connectivity index (χ4v) is 3.38. The van der Waals surface area contributed by atoms with Crippen molar-refractivity contribution in [1.82, 2.24) is 14.5 Å². The van der Waals surface area contributed by atoms with Crippen molar-refractivity contribution in [1.29, 1.82) is 0 Å². The molecular formula is C20H18F3N3O2S. The first kappa shape index (κ1) is 20.9. The van der Waals surface area contributed by atoms with Crippen LogP contribution in [-0.2, 0) is 0 Å². The van der Waals surface area contributed by atoms with Crippen molar-refractivity contribution in [3.63, 3.8) is 0 Å². The molecule has 0 radical (unpaired) electrons. The van der Waals surface area contributed by atoms with Crippen molar-refractivity contribution in [3.05, 3.63) is 64.7 Å². The molecule has 29 heavy (non-hydrogen) atoms. The average molecular weight is 421 g/mol. The lowest BCUT2D eigenvalue weighted by Crippen LogP contribution is -2.21. The first-order valence-corrected chi connectivity index (χ1v) is 9.75. The van der Waals surface area contributed by atoms with Crippen LogP contribution in [0.15, 0.2) is 58.6 Å². The van der Waals surface area contributed by atoms with Crippen LogP contribution in [0.2, 0.25) is 0 Å². The fourth-order valence-electron chi connectivity index (χ4n) is 2.63. The highest BCUT2D eigenvalue weighted by molar-refractivity contribution is 7.99. The molecule has 2 heterocycles. The molecule has 152 valence electrons. The maximum absolute atomic E-state index is 12.9. The second-order valence-corrected chi connectivity index (χ2v) is 7.35. The largest absolute Gasteiger partial charge is 0.484 e. The number of hydrogen-bond acceptors (Lipinski definition) is 5. The number of benzene rings is 1. The highest BCUT2D eigenvalue weighted by Gasteiger charge is 2.28. The maximum Gasteiger partial charge on any atom is 0.422 e. The van der Waals surface area contributed by atoms with Crippen LogP contribution < -0.4 is 10.3 Å². The van der Waals surface area contributed by atoms with E-state index in [4.69, 9.17) is 4.74 Å². The Kier molecular flexibility index (Phi) is 6.26. The van der Waals surface area contributed by atoms with Crippen LogP contribution in [0, 0.1) is 6.92 Å².